The summed E-state index contributed by atoms with van der Waals surface area (Å²) in [6.07, 6.45) is 1.02. The molecule has 12 heavy (non-hydrogen) atoms. The molecule has 0 aliphatic carbocycles. The van der Waals surface area contributed by atoms with E-state index in [0.717, 1.165) is 6.42 Å². The lowest BCUT2D eigenvalue weighted by Gasteiger charge is -2.15. The number of hydrogen-bond donors (Lipinski definition) is 1. The molecule has 1 aliphatic rings. The van der Waals surface area contributed by atoms with Crippen LogP contribution in [-0.2, 0) is 4.79 Å². The van der Waals surface area contributed by atoms with E-state index < -0.39 is 0 Å². The second-order valence-corrected chi connectivity index (χ2v) is 2.70. The number of nitrogens with zero attached hydrogens (tertiary/aromatic N) is 2. The van der Waals surface area contributed by atoms with Gasteiger partial charge in [-0.2, -0.15) is 5.26 Å². The van der Waals surface area contributed by atoms with Gasteiger partial charge in [0.05, 0.1) is 18.1 Å². The van der Waals surface area contributed by atoms with Gasteiger partial charge < -0.3 is 5.73 Å². The first kappa shape index (κ1) is 8.60. The number of nitrogens with two attached hydrogens (primary N) is 1. The van der Waals surface area contributed by atoms with Crippen molar-refractivity contribution >= 4 is 5.91 Å². The van der Waals surface area contributed by atoms with Crippen LogP contribution in [0.5, 0.6) is 0 Å². The molecule has 0 aromatic rings. The Morgan fingerprint density at radius 1 is 1.75 bits per heavy atom. The van der Waals surface area contributed by atoms with Crippen molar-refractivity contribution in [2.24, 2.45) is 5.73 Å². The fourth-order valence-electron chi connectivity index (χ4n) is 1.20. The van der Waals surface area contributed by atoms with E-state index in [9.17, 15) is 4.79 Å². The Bertz CT molecular complexity index is 275. The molecule has 1 rings (SSSR count). The highest BCUT2D eigenvalue weighted by molar-refractivity contribution is 5.85. The largest absolute Gasteiger partial charge is 0.384 e. The van der Waals surface area contributed by atoms with Crippen LogP contribution in [0, 0.1) is 11.3 Å². The average Bonchev–Trinajstić information content (AvgIpc) is 2.32. The summed E-state index contributed by atoms with van der Waals surface area (Å²) in [4.78, 5) is 12.7. The van der Waals surface area contributed by atoms with Crippen molar-refractivity contribution in [1.29, 1.82) is 5.26 Å². The van der Waals surface area contributed by atoms with Crippen LogP contribution in [0.1, 0.15) is 19.8 Å². The zero-order valence-corrected chi connectivity index (χ0v) is 7.00. The molecule has 4 heteroatoms. The Morgan fingerprint density at radius 3 is 2.83 bits per heavy atom. The van der Waals surface area contributed by atoms with Gasteiger partial charge >= 0.3 is 0 Å². The van der Waals surface area contributed by atoms with Gasteiger partial charge in [-0.15, -0.1) is 0 Å². The predicted molar refractivity (Wildman–Crippen MR) is 43.4 cm³/mol. The molecule has 0 atom stereocenters. The van der Waals surface area contributed by atoms with Crippen molar-refractivity contribution in [2.45, 2.75) is 19.8 Å². The lowest BCUT2D eigenvalue weighted by molar-refractivity contribution is -0.127. The topological polar surface area (TPSA) is 70.1 Å². The van der Waals surface area contributed by atoms with E-state index in [2.05, 4.69) is 0 Å². The van der Waals surface area contributed by atoms with E-state index in [1.807, 2.05) is 13.0 Å². The van der Waals surface area contributed by atoms with Crippen molar-refractivity contribution in [2.75, 3.05) is 6.54 Å². The number of rotatable bonds is 2. The fourth-order valence-corrected chi connectivity index (χ4v) is 1.20. The van der Waals surface area contributed by atoms with Crippen LogP contribution in [0.2, 0.25) is 0 Å². The summed E-state index contributed by atoms with van der Waals surface area (Å²) >= 11 is 0. The van der Waals surface area contributed by atoms with E-state index in [4.69, 9.17) is 11.0 Å². The Kier molecular flexibility index (Phi) is 2.34. The second kappa shape index (κ2) is 3.26. The number of nitriles is 1. The number of carbonyl (C=O) groups excluding carboxylic acids is 1. The smallest absolute Gasteiger partial charge is 0.233 e. The first-order valence-corrected chi connectivity index (χ1v) is 3.89. The van der Waals surface area contributed by atoms with E-state index in [1.54, 1.807) is 0 Å². The summed E-state index contributed by atoms with van der Waals surface area (Å²) < 4.78 is 0. The maximum Gasteiger partial charge on any atom is 0.233 e. The van der Waals surface area contributed by atoms with E-state index >= 15 is 0 Å². The Morgan fingerprint density at radius 2 is 2.42 bits per heavy atom. The van der Waals surface area contributed by atoms with Crippen LogP contribution in [0.25, 0.3) is 0 Å². The zero-order chi connectivity index (χ0) is 9.14. The highest BCUT2D eigenvalue weighted by Gasteiger charge is 2.27. The SMILES string of the molecule is CCCN1C(=O)CC(C#N)=C1N. The predicted octanol–water partition coefficient (Wildman–Crippen LogP) is 0.323. The summed E-state index contributed by atoms with van der Waals surface area (Å²) in [6.45, 7) is 2.57. The summed E-state index contributed by atoms with van der Waals surface area (Å²) in [6, 6.07) is 1.92. The first-order valence-electron chi connectivity index (χ1n) is 3.89. The molecule has 0 bridgehead atoms. The number of hydrogen-bond acceptors (Lipinski definition) is 3. The minimum atomic E-state index is -0.0640. The van der Waals surface area contributed by atoms with Crippen LogP contribution >= 0.6 is 0 Å². The maximum absolute atomic E-state index is 11.2. The van der Waals surface area contributed by atoms with Gasteiger partial charge in [0.15, 0.2) is 0 Å². The van der Waals surface area contributed by atoms with Gasteiger partial charge in [-0.3, -0.25) is 9.69 Å². The molecule has 0 aromatic carbocycles. The molecule has 1 aliphatic heterocycles. The molecule has 0 saturated heterocycles. The van der Waals surface area contributed by atoms with E-state index in [-0.39, 0.29) is 12.3 Å². The van der Waals surface area contributed by atoms with Crippen LogP contribution in [-0.4, -0.2) is 17.4 Å². The fraction of sp³-hybridized carbons (Fsp3) is 0.500. The minimum absolute atomic E-state index is 0.0640. The maximum atomic E-state index is 11.2. The first-order chi connectivity index (χ1) is 5.70. The van der Waals surface area contributed by atoms with Gasteiger partial charge in [-0.25, -0.2) is 0 Å². The van der Waals surface area contributed by atoms with E-state index in [1.165, 1.54) is 4.90 Å². The normalized spacial score (nSPS) is 17.0. The van der Waals surface area contributed by atoms with Gasteiger partial charge in [0.2, 0.25) is 5.91 Å². The molecule has 4 nitrogen and oxygen atoms in total. The lowest BCUT2D eigenvalue weighted by atomic mass is 10.2. The third-order valence-corrected chi connectivity index (χ3v) is 1.81. The molecule has 0 unspecified atom stereocenters. The molecular weight excluding hydrogens is 154 g/mol. The van der Waals surface area contributed by atoms with Crippen LogP contribution < -0.4 is 5.73 Å². The summed E-state index contributed by atoms with van der Waals surface area (Å²) in [5.74, 6) is 0.273. The molecule has 64 valence electrons. The third-order valence-electron chi connectivity index (χ3n) is 1.81. The van der Waals surface area contributed by atoms with Crippen molar-refractivity contribution in [1.82, 2.24) is 4.90 Å². The van der Waals surface area contributed by atoms with E-state index in [0.29, 0.717) is 17.9 Å². The highest BCUT2D eigenvalue weighted by Crippen LogP contribution is 2.19. The highest BCUT2D eigenvalue weighted by atomic mass is 16.2. The number of carbonyl (C=O) groups is 1. The lowest BCUT2D eigenvalue weighted by Crippen LogP contribution is -2.29. The van der Waals surface area contributed by atoms with Crippen molar-refractivity contribution in [3.63, 3.8) is 0 Å². The third kappa shape index (κ3) is 1.26. The quantitative estimate of drug-likeness (QED) is 0.640. The summed E-state index contributed by atoms with van der Waals surface area (Å²) in [7, 11) is 0. The minimum Gasteiger partial charge on any atom is -0.384 e. The van der Waals surface area contributed by atoms with Gasteiger partial charge in [-0.1, -0.05) is 6.92 Å². The molecule has 1 amide bonds. The van der Waals surface area contributed by atoms with Crippen molar-refractivity contribution in [3.8, 4) is 6.07 Å². The van der Waals surface area contributed by atoms with Crippen molar-refractivity contribution < 1.29 is 4.79 Å². The Labute approximate surface area is 71.3 Å². The van der Waals surface area contributed by atoms with Crippen LogP contribution in [0.3, 0.4) is 0 Å². The standard InChI is InChI=1S/C8H11N3O/c1-2-3-11-7(12)4-6(5-9)8(11)10/h2-4,10H2,1H3. The second-order valence-electron chi connectivity index (χ2n) is 2.70. The number of amides is 1. The van der Waals surface area contributed by atoms with Crippen molar-refractivity contribution in [3.05, 3.63) is 11.4 Å². The molecule has 0 radical (unpaired) electrons. The van der Waals surface area contributed by atoms with Crippen LogP contribution in [0.15, 0.2) is 11.4 Å². The van der Waals surface area contributed by atoms with Crippen LogP contribution in [0.4, 0.5) is 0 Å². The molecule has 2 N–H and O–H groups in total. The van der Waals surface area contributed by atoms with Gasteiger partial charge in [-0.05, 0) is 6.42 Å². The monoisotopic (exact) mass is 165 g/mol. The molecule has 0 spiro atoms. The average molecular weight is 165 g/mol. The molecule has 0 aromatic heterocycles. The molecular formula is C8H11N3O. The molecule has 1 heterocycles. The Hall–Kier alpha value is -1.50. The molecule has 0 fully saturated rings. The van der Waals surface area contributed by atoms with Gasteiger partial charge in [0.25, 0.3) is 0 Å². The van der Waals surface area contributed by atoms with Gasteiger partial charge in [0.1, 0.15) is 5.82 Å². The Balaban J connectivity index is 2.83. The summed E-state index contributed by atoms with van der Waals surface area (Å²) in [5, 5.41) is 8.57. The summed E-state index contributed by atoms with van der Waals surface area (Å²) in [5.41, 5.74) is 5.97. The zero-order valence-electron chi connectivity index (χ0n) is 7.00. The molecule has 0 saturated carbocycles. The van der Waals surface area contributed by atoms with Gasteiger partial charge in [0, 0.05) is 6.54 Å².